The maximum Gasteiger partial charge on any atom is -0.00199 e. The van der Waals surface area contributed by atoms with E-state index in [9.17, 15) is 0 Å². The maximum atomic E-state index is 2.41. The molecule has 9 aromatic rings. The fourth-order valence-electron chi connectivity index (χ4n) is 7.25. The van der Waals surface area contributed by atoms with E-state index in [1.54, 1.807) is 0 Å². The van der Waals surface area contributed by atoms with Gasteiger partial charge in [-0.05, 0) is 112 Å². The first-order chi connectivity index (χ1) is 22.8. The van der Waals surface area contributed by atoms with Crippen LogP contribution in [0.4, 0.5) is 0 Å². The Hall–Kier alpha value is -5.98. The summed E-state index contributed by atoms with van der Waals surface area (Å²) >= 11 is 0. The van der Waals surface area contributed by atoms with Crippen molar-refractivity contribution in [3.63, 3.8) is 0 Å². The molecule has 0 heteroatoms. The van der Waals surface area contributed by atoms with E-state index >= 15 is 0 Å². The second kappa shape index (κ2) is 10.9. The van der Waals surface area contributed by atoms with Gasteiger partial charge < -0.3 is 0 Å². The molecule has 0 spiro atoms. The van der Waals surface area contributed by atoms with Crippen LogP contribution in [0.2, 0.25) is 0 Å². The molecule has 0 heterocycles. The monoisotopic (exact) mass is 582 g/mol. The highest BCUT2D eigenvalue weighted by Crippen LogP contribution is 2.47. The molecule has 9 rings (SSSR count). The molecule has 0 fully saturated rings. The maximum absolute atomic E-state index is 2.41. The Balaban J connectivity index is 1.44. The lowest BCUT2D eigenvalue weighted by Crippen LogP contribution is -1.93. The van der Waals surface area contributed by atoms with Gasteiger partial charge in [-0.25, -0.2) is 0 Å². The average Bonchev–Trinajstić information content (AvgIpc) is 3.13. The highest BCUT2D eigenvalue weighted by atomic mass is 14.2. The van der Waals surface area contributed by atoms with Gasteiger partial charge in [0.15, 0.2) is 0 Å². The third-order valence-electron chi connectivity index (χ3n) is 9.41. The van der Waals surface area contributed by atoms with E-state index in [0.717, 1.165) is 0 Å². The minimum atomic E-state index is 1.22. The number of hydrogen-bond donors (Lipinski definition) is 0. The number of hydrogen-bond acceptors (Lipinski definition) is 0. The van der Waals surface area contributed by atoms with Gasteiger partial charge in [0.25, 0.3) is 0 Å². The fourth-order valence-corrected chi connectivity index (χ4v) is 7.25. The van der Waals surface area contributed by atoms with E-state index in [1.807, 2.05) is 0 Å². The van der Waals surface area contributed by atoms with Crippen LogP contribution in [-0.2, 0) is 0 Å². The first-order valence-electron chi connectivity index (χ1n) is 15.9. The molecular weight excluding hydrogens is 553 g/mol. The molecule has 0 amide bonds. The van der Waals surface area contributed by atoms with Crippen molar-refractivity contribution in [2.24, 2.45) is 0 Å². The third-order valence-corrected chi connectivity index (χ3v) is 9.41. The van der Waals surface area contributed by atoms with Gasteiger partial charge in [0.1, 0.15) is 0 Å². The summed E-state index contributed by atoms with van der Waals surface area (Å²) in [6.07, 6.45) is 0. The van der Waals surface area contributed by atoms with Gasteiger partial charge >= 0.3 is 0 Å². The standard InChI is InChI=1S/C46H30/c1-3-13-31(14-4-1)35-25-26-42-44(29-35)45(37-24-23-33-17-7-8-18-34(33)27-37)40-21-11-12-22-41(40)46(42)43-30-38(32-15-5-2-6-16-32)28-36-19-9-10-20-39(36)43/h1-30H. The molecule has 214 valence electrons. The van der Waals surface area contributed by atoms with Crippen molar-refractivity contribution in [2.75, 3.05) is 0 Å². The van der Waals surface area contributed by atoms with Crippen LogP contribution in [0.1, 0.15) is 0 Å². The van der Waals surface area contributed by atoms with Crippen molar-refractivity contribution in [1.82, 2.24) is 0 Å². The Labute approximate surface area is 268 Å². The van der Waals surface area contributed by atoms with Crippen LogP contribution in [0.3, 0.4) is 0 Å². The highest BCUT2D eigenvalue weighted by molar-refractivity contribution is 6.24. The second-order valence-electron chi connectivity index (χ2n) is 12.1. The van der Waals surface area contributed by atoms with Gasteiger partial charge in [-0.3, -0.25) is 0 Å². The average molecular weight is 583 g/mol. The largest absolute Gasteiger partial charge is 0.0622 e. The molecule has 0 saturated heterocycles. The van der Waals surface area contributed by atoms with E-state index in [2.05, 4.69) is 182 Å². The molecule has 0 unspecified atom stereocenters. The lowest BCUT2D eigenvalue weighted by molar-refractivity contribution is 1.63. The van der Waals surface area contributed by atoms with Gasteiger partial charge in [-0.15, -0.1) is 0 Å². The SMILES string of the molecule is c1ccc(-c2cc(-c3c4ccccc4c(-c4ccc5ccccc5c4)c4cc(-c5ccccc5)ccc34)c3ccccc3c2)cc1. The molecule has 0 aromatic heterocycles. The summed E-state index contributed by atoms with van der Waals surface area (Å²) in [5, 5.41) is 10.1. The second-order valence-corrected chi connectivity index (χ2v) is 12.1. The molecule has 0 N–H and O–H groups in total. The Morgan fingerprint density at radius 1 is 0.217 bits per heavy atom. The van der Waals surface area contributed by atoms with Crippen LogP contribution in [-0.4, -0.2) is 0 Å². The Bertz CT molecular complexity index is 2560. The molecule has 0 nitrogen and oxygen atoms in total. The summed E-state index contributed by atoms with van der Waals surface area (Å²) in [7, 11) is 0. The summed E-state index contributed by atoms with van der Waals surface area (Å²) in [5.41, 5.74) is 9.95. The molecule has 0 saturated carbocycles. The van der Waals surface area contributed by atoms with Crippen molar-refractivity contribution in [3.05, 3.63) is 182 Å². The minimum Gasteiger partial charge on any atom is -0.0622 e. The normalized spacial score (nSPS) is 11.5. The summed E-state index contributed by atoms with van der Waals surface area (Å²) in [6.45, 7) is 0. The smallest absolute Gasteiger partial charge is 0.00199 e. The first-order valence-corrected chi connectivity index (χ1v) is 15.9. The van der Waals surface area contributed by atoms with Crippen LogP contribution >= 0.6 is 0 Å². The van der Waals surface area contributed by atoms with Crippen LogP contribution in [0.25, 0.3) is 87.6 Å². The van der Waals surface area contributed by atoms with Crippen LogP contribution in [0.15, 0.2) is 182 Å². The van der Waals surface area contributed by atoms with Crippen LogP contribution < -0.4 is 0 Å². The fraction of sp³-hybridized carbons (Fsp3) is 0. The zero-order valence-electron chi connectivity index (χ0n) is 25.3. The highest BCUT2D eigenvalue weighted by Gasteiger charge is 2.20. The molecule has 9 aromatic carbocycles. The lowest BCUT2D eigenvalue weighted by Gasteiger charge is -2.20. The van der Waals surface area contributed by atoms with Gasteiger partial charge in [-0.2, -0.15) is 0 Å². The number of benzene rings is 9. The van der Waals surface area contributed by atoms with Crippen molar-refractivity contribution < 1.29 is 0 Å². The molecular formula is C46H30. The van der Waals surface area contributed by atoms with Crippen molar-refractivity contribution >= 4 is 43.1 Å². The van der Waals surface area contributed by atoms with Crippen molar-refractivity contribution in [3.8, 4) is 44.5 Å². The molecule has 0 aliphatic carbocycles. The third kappa shape index (κ3) is 4.38. The quantitative estimate of drug-likeness (QED) is 0.181. The molecule has 0 radical (unpaired) electrons. The van der Waals surface area contributed by atoms with Crippen LogP contribution in [0.5, 0.6) is 0 Å². The zero-order valence-corrected chi connectivity index (χ0v) is 25.3. The van der Waals surface area contributed by atoms with Crippen LogP contribution in [0, 0.1) is 0 Å². The lowest BCUT2D eigenvalue weighted by atomic mass is 9.82. The number of rotatable bonds is 4. The Morgan fingerprint density at radius 3 is 1.48 bits per heavy atom. The summed E-state index contributed by atoms with van der Waals surface area (Å²) in [5.74, 6) is 0. The molecule has 0 aliphatic rings. The molecule has 46 heavy (non-hydrogen) atoms. The van der Waals surface area contributed by atoms with Gasteiger partial charge in [0.2, 0.25) is 0 Å². The van der Waals surface area contributed by atoms with E-state index in [0.29, 0.717) is 0 Å². The summed E-state index contributed by atoms with van der Waals surface area (Å²) in [4.78, 5) is 0. The zero-order chi connectivity index (χ0) is 30.5. The molecule has 0 atom stereocenters. The summed E-state index contributed by atoms with van der Waals surface area (Å²) in [6, 6.07) is 66.6. The van der Waals surface area contributed by atoms with Crippen molar-refractivity contribution in [1.29, 1.82) is 0 Å². The predicted molar refractivity (Wildman–Crippen MR) is 198 cm³/mol. The Kier molecular flexibility index (Phi) is 6.25. The van der Waals surface area contributed by atoms with Gasteiger partial charge in [-0.1, -0.05) is 158 Å². The minimum absolute atomic E-state index is 1.22. The van der Waals surface area contributed by atoms with Gasteiger partial charge in [0.05, 0.1) is 0 Å². The van der Waals surface area contributed by atoms with Gasteiger partial charge in [0, 0.05) is 0 Å². The van der Waals surface area contributed by atoms with E-state index in [4.69, 9.17) is 0 Å². The first kappa shape index (κ1) is 26.4. The van der Waals surface area contributed by atoms with E-state index < -0.39 is 0 Å². The Morgan fingerprint density at radius 2 is 0.739 bits per heavy atom. The molecule has 0 bridgehead atoms. The molecule has 0 aliphatic heterocycles. The number of fused-ring (bicyclic) bond motifs is 4. The van der Waals surface area contributed by atoms with E-state index in [-0.39, 0.29) is 0 Å². The topological polar surface area (TPSA) is 0 Å². The summed E-state index contributed by atoms with van der Waals surface area (Å²) < 4.78 is 0. The van der Waals surface area contributed by atoms with E-state index in [1.165, 1.54) is 87.6 Å². The van der Waals surface area contributed by atoms with Crippen molar-refractivity contribution in [2.45, 2.75) is 0 Å². The predicted octanol–water partition coefficient (Wildman–Crippen LogP) is 13.0.